The lowest BCUT2D eigenvalue weighted by molar-refractivity contribution is -0.236. The van der Waals surface area contributed by atoms with Crippen molar-refractivity contribution >= 4 is 11.9 Å². The predicted octanol–water partition coefficient (Wildman–Crippen LogP) is 5.04. The summed E-state index contributed by atoms with van der Waals surface area (Å²) in [5.41, 5.74) is -4.56. The highest BCUT2D eigenvalue weighted by Crippen LogP contribution is 2.42. The van der Waals surface area contributed by atoms with Gasteiger partial charge >= 0.3 is 18.1 Å². The van der Waals surface area contributed by atoms with Gasteiger partial charge in [-0.1, -0.05) is 13.8 Å². The number of hydrogen-bond donors (Lipinski definition) is 1. The second kappa shape index (κ2) is 9.94. The molecule has 0 aromatic heterocycles. The number of aliphatic hydroxyl groups excluding tert-OH is 1. The molecule has 0 aliphatic carbocycles. The van der Waals surface area contributed by atoms with E-state index in [1.165, 1.54) is 27.7 Å². The number of hydrogen-bond acceptors (Lipinski definition) is 5. The first-order valence-electron chi connectivity index (χ1n) is 9.33. The Morgan fingerprint density at radius 1 is 0.750 bits per heavy atom. The minimum atomic E-state index is -4.58. The van der Waals surface area contributed by atoms with Gasteiger partial charge in [-0.2, -0.15) is 13.2 Å². The summed E-state index contributed by atoms with van der Waals surface area (Å²) in [6.07, 6.45) is -4.33. The lowest BCUT2D eigenvalue weighted by atomic mass is 9.86. The van der Waals surface area contributed by atoms with E-state index in [-0.39, 0.29) is 19.0 Å². The average Bonchev–Trinajstić information content (AvgIpc) is 2.49. The lowest BCUT2D eigenvalue weighted by Crippen LogP contribution is -2.45. The van der Waals surface area contributed by atoms with Gasteiger partial charge in [-0.25, -0.2) is 0 Å². The standard InChI is InChI=1S/C10H17F3O2.C10H20O3/c1-6-9(5,10(11,12)13)7(14)15-8(2,3)4;1-6-10(5,7-11)8(12)13-9(2,3)4/h6H2,1-5H3;11H,6-7H2,1-5H3. The molecule has 0 amide bonds. The van der Waals surface area contributed by atoms with E-state index in [0.717, 1.165) is 6.92 Å². The summed E-state index contributed by atoms with van der Waals surface area (Å²) >= 11 is 0. The highest BCUT2D eigenvalue weighted by molar-refractivity contribution is 5.78. The first-order valence-corrected chi connectivity index (χ1v) is 9.33. The maximum absolute atomic E-state index is 12.6. The van der Waals surface area contributed by atoms with Gasteiger partial charge in [-0.05, 0) is 68.2 Å². The van der Waals surface area contributed by atoms with Gasteiger partial charge in [-0.3, -0.25) is 9.59 Å². The maximum Gasteiger partial charge on any atom is 0.404 e. The number of carbonyl (C=O) groups excluding carboxylic acids is 2. The number of esters is 2. The van der Waals surface area contributed by atoms with Crippen molar-refractivity contribution in [1.82, 2.24) is 0 Å². The number of carbonyl (C=O) groups is 2. The minimum absolute atomic E-state index is 0.168. The molecule has 5 nitrogen and oxygen atoms in total. The van der Waals surface area contributed by atoms with Crippen LogP contribution in [-0.4, -0.2) is 41.0 Å². The Kier molecular flexibility index (Phi) is 10.3. The normalized spacial score (nSPS) is 16.8. The van der Waals surface area contributed by atoms with Crippen LogP contribution in [0.2, 0.25) is 0 Å². The molecule has 28 heavy (non-hydrogen) atoms. The molecule has 0 rings (SSSR count). The van der Waals surface area contributed by atoms with Crippen LogP contribution in [0.3, 0.4) is 0 Å². The van der Waals surface area contributed by atoms with Gasteiger partial charge in [0.2, 0.25) is 0 Å². The van der Waals surface area contributed by atoms with Crippen LogP contribution in [0.4, 0.5) is 13.2 Å². The fourth-order valence-electron chi connectivity index (χ4n) is 1.57. The number of rotatable bonds is 5. The summed E-state index contributed by atoms with van der Waals surface area (Å²) in [6.45, 7) is 15.7. The van der Waals surface area contributed by atoms with Crippen LogP contribution in [0.1, 0.15) is 82.1 Å². The molecule has 0 aliphatic rings. The van der Waals surface area contributed by atoms with Gasteiger partial charge in [-0.15, -0.1) is 0 Å². The van der Waals surface area contributed by atoms with E-state index in [0.29, 0.717) is 6.42 Å². The molecule has 0 saturated carbocycles. The molecule has 168 valence electrons. The monoisotopic (exact) mass is 414 g/mol. The zero-order valence-corrected chi connectivity index (χ0v) is 18.8. The highest BCUT2D eigenvalue weighted by Gasteiger charge is 2.57. The molecule has 0 aromatic rings. The van der Waals surface area contributed by atoms with Crippen LogP contribution in [0.15, 0.2) is 0 Å². The van der Waals surface area contributed by atoms with Crippen molar-refractivity contribution in [2.75, 3.05) is 6.61 Å². The molecule has 8 heteroatoms. The quantitative estimate of drug-likeness (QED) is 0.638. The SMILES string of the molecule is CCC(C)(C(=O)OC(C)(C)C)C(F)(F)F.CCC(C)(CO)C(=O)OC(C)(C)C. The fraction of sp³-hybridized carbons (Fsp3) is 0.900. The zero-order valence-electron chi connectivity index (χ0n) is 18.8. The topological polar surface area (TPSA) is 72.8 Å². The molecule has 2 atom stereocenters. The fourth-order valence-corrected chi connectivity index (χ4v) is 1.57. The van der Waals surface area contributed by atoms with E-state index in [4.69, 9.17) is 14.6 Å². The van der Waals surface area contributed by atoms with Crippen molar-refractivity contribution in [2.24, 2.45) is 10.8 Å². The third-order valence-corrected chi connectivity index (χ3v) is 4.20. The Labute approximate surface area is 167 Å². The largest absolute Gasteiger partial charge is 0.459 e. The predicted molar refractivity (Wildman–Crippen MR) is 102 cm³/mol. The molecule has 0 aromatic carbocycles. The van der Waals surface area contributed by atoms with Crippen LogP contribution < -0.4 is 0 Å². The van der Waals surface area contributed by atoms with E-state index in [1.54, 1.807) is 6.92 Å². The van der Waals surface area contributed by atoms with E-state index in [1.807, 2.05) is 27.7 Å². The second-order valence-electron chi connectivity index (χ2n) is 9.26. The third kappa shape index (κ3) is 9.26. The van der Waals surface area contributed by atoms with Crippen molar-refractivity contribution in [3.8, 4) is 0 Å². The van der Waals surface area contributed by atoms with Crippen LogP contribution >= 0.6 is 0 Å². The zero-order chi connectivity index (χ0) is 23.2. The molecule has 0 aliphatic heterocycles. The smallest absolute Gasteiger partial charge is 0.404 e. The Bertz CT molecular complexity index is 511. The van der Waals surface area contributed by atoms with E-state index in [9.17, 15) is 22.8 Å². The van der Waals surface area contributed by atoms with E-state index < -0.39 is 34.2 Å². The molecule has 0 radical (unpaired) electrons. The third-order valence-electron chi connectivity index (χ3n) is 4.20. The molecule has 2 unspecified atom stereocenters. The van der Waals surface area contributed by atoms with Crippen molar-refractivity contribution < 1.29 is 37.3 Å². The lowest BCUT2D eigenvalue weighted by Gasteiger charge is -2.32. The average molecular weight is 415 g/mol. The Morgan fingerprint density at radius 3 is 1.32 bits per heavy atom. The molecule has 1 N–H and O–H groups in total. The van der Waals surface area contributed by atoms with Crippen LogP contribution in [-0.2, 0) is 19.1 Å². The van der Waals surface area contributed by atoms with Crippen molar-refractivity contribution in [1.29, 1.82) is 0 Å². The molecule has 0 spiro atoms. The molecular formula is C20H37F3O5. The van der Waals surface area contributed by atoms with Gasteiger partial charge in [0, 0.05) is 0 Å². The summed E-state index contributed by atoms with van der Waals surface area (Å²) in [5, 5.41) is 9.05. The summed E-state index contributed by atoms with van der Waals surface area (Å²) < 4.78 is 47.8. The Hall–Kier alpha value is -1.31. The number of halogens is 3. The van der Waals surface area contributed by atoms with Crippen molar-refractivity contribution in [3.05, 3.63) is 0 Å². The highest BCUT2D eigenvalue weighted by atomic mass is 19.4. The molecule has 0 fully saturated rings. The molecule has 0 heterocycles. The van der Waals surface area contributed by atoms with Crippen LogP contribution in [0, 0.1) is 10.8 Å². The number of alkyl halides is 3. The van der Waals surface area contributed by atoms with Crippen LogP contribution in [0.5, 0.6) is 0 Å². The van der Waals surface area contributed by atoms with Gasteiger partial charge in [0.15, 0.2) is 5.41 Å². The summed E-state index contributed by atoms with van der Waals surface area (Å²) in [4.78, 5) is 23.0. The van der Waals surface area contributed by atoms with Gasteiger partial charge in [0.25, 0.3) is 0 Å². The summed E-state index contributed by atoms with van der Waals surface area (Å²) in [5.74, 6) is -1.55. The number of aliphatic hydroxyl groups is 1. The first kappa shape index (κ1) is 28.9. The summed E-state index contributed by atoms with van der Waals surface area (Å²) in [7, 11) is 0. The van der Waals surface area contributed by atoms with E-state index >= 15 is 0 Å². The van der Waals surface area contributed by atoms with Gasteiger partial charge < -0.3 is 14.6 Å². The van der Waals surface area contributed by atoms with E-state index in [2.05, 4.69) is 0 Å². The van der Waals surface area contributed by atoms with Crippen molar-refractivity contribution in [2.45, 2.75) is 99.5 Å². The van der Waals surface area contributed by atoms with Crippen LogP contribution in [0.25, 0.3) is 0 Å². The molecular weight excluding hydrogens is 377 g/mol. The Morgan fingerprint density at radius 2 is 1.11 bits per heavy atom. The maximum atomic E-state index is 12.6. The minimum Gasteiger partial charge on any atom is -0.459 e. The summed E-state index contributed by atoms with van der Waals surface area (Å²) in [6, 6.07) is 0. The second-order valence-corrected chi connectivity index (χ2v) is 9.26. The van der Waals surface area contributed by atoms with Gasteiger partial charge in [0.05, 0.1) is 12.0 Å². The molecule has 0 bridgehead atoms. The van der Waals surface area contributed by atoms with Gasteiger partial charge in [0.1, 0.15) is 11.2 Å². The Balaban J connectivity index is 0. The number of ether oxygens (including phenoxy) is 2. The first-order chi connectivity index (χ1) is 12.2. The molecule has 0 saturated heterocycles. The van der Waals surface area contributed by atoms with Crippen molar-refractivity contribution in [3.63, 3.8) is 0 Å².